The molecule has 3 rings (SSSR count). The SMILES string of the molecule is COC(=O)C[C@H]1C[C@@]2(O)C(=O)c3c(O)cccc3C(=O)[C@@]2(O)[C@@H](C)O1. The van der Waals surface area contributed by atoms with Crippen LogP contribution < -0.4 is 0 Å². The average Bonchev–Trinajstić information content (AvgIpc) is 2.56. The number of benzene rings is 1. The zero-order valence-corrected chi connectivity index (χ0v) is 13.7. The van der Waals surface area contributed by atoms with Gasteiger partial charge < -0.3 is 24.8 Å². The number of esters is 1. The Bertz CT molecular complexity index is 772. The van der Waals surface area contributed by atoms with Gasteiger partial charge in [0, 0.05) is 12.0 Å². The Hall–Kier alpha value is -2.29. The van der Waals surface area contributed by atoms with Gasteiger partial charge >= 0.3 is 5.97 Å². The number of ether oxygens (including phenoxy) is 2. The van der Waals surface area contributed by atoms with Crippen LogP contribution in [0.4, 0.5) is 0 Å². The highest BCUT2D eigenvalue weighted by Crippen LogP contribution is 2.48. The molecule has 1 aliphatic heterocycles. The summed E-state index contributed by atoms with van der Waals surface area (Å²) < 4.78 is 10.1. The van der Waals surface area contributed by atoms with Crippen molar-refractivity contribution in [3.8, 4) is 5.75 Å². The summed E-state index contributed by atoms with van der Waals surface area (Å²) in [5.41, 5.74) is -5.56. The van der Waals surface area contributed by atoms with Gasteiger partial charge in [-0.05, 0) is 13.0 Å². The van der Waals surface area contributed by atoms with Crippen LogP contribution >= 0.6 is 0 Å². The van der Waals surface area contributed by atoms with Crippen molar-refractivity contribution >= 4 is 17.5 Å². The normalized spacial score (nSPS) is 34.2. The summed E-state index contributed by atoms with van der Waals surface area (Å²) in [6.07, 6.45) is -2.93. The Morgan fingerprint density at radius 1 is 1.32 bits per heavy atom. The average molecular weight is 350 g/mol. The first kappa shape index (κ1) is 17.5. The number of fused-ring (bicyclic) bond motifs is 2. The number of phenolic OH excluding ortho intramolecular Hbond substituents is 1. The zero-order chi connectivity index (χ0) is 18.6. The second-order valence-electron chi connectivity index (χ2n) is 6.37. The third-order valence-electron chi connectivity index (χ3n) is 5.00. The molecule has 1 saturated heterocycles. The van der Waals surface area contributed by atoms with Gasteiger partial charge in [-0.3, -0.25) is 14.4 Å². The Morgan fingerprint density at radius 2 is 2.00 bits per heavy atom. The Morgan fingerprint density at radius 3 is 2.64 bits per heavy atom. The van der Waals surface area contributed by atoms with E-state index in [1.807, 2.05) is 0 Å². The molecule has 1 heterocycles. The molecule has 4 atom stereocenters. The van der Waals surface area contributed by atoms with E-state index in [9.17, 15) is 29.7 Å². The molecule has 0 unspecified atom stereocenters. The minimum atomic E-state index is -2.52. The van der Waals surface area contributed by atoms with Crippen LogP contribution in [0.15, 0.2) is 18.2 Å². The highest BCUT2D eigenvalue weighted by Gasteiger charge is 2.69. The molecular formula is C17H18O8. The van der Waals surface area contributed by atoms with Gasteiger partial charge in [0.25, 0.3) is 0 Å². The van der Waals surface area contributed by atoms with Gasteiger partial charge in [-0.25, -0.2) is 0 Å². The van der Waals surface area contributed by atoms with Crippen LogP contribution in [0.3, 0.4) is 0 Å². The number of ketones is 2. The number of methoxy groups -OCH3 is 1. The molecule has 8 nitrogen and oxygen atoms in total. The van der Waals surface area contributed by atoms with Gasteiger partial charge in [0.05, 0.1) is 31.3 Å². The fourth-order valence-electron chi connectivity index (χ4n) is 3.66. The van der Waals surface area contributed by atoms with Crippen LogP contribution in [-0.4, -0.2) is 63.4 Å². The van der Waals surface area contributed by atoms with Gasteiger partial charge in [0.1, 0.15) is 5.75 Å². The highest BCUT2D eigenvalue weighted by atomic mass is 16.5. The van der Waals surface area contributed by atoms with Crippen molar-refractivity contribution < 1.29 is 39.2 Å². The number of carbonyl (C=O) groups excluding carboxylic acids is 3. The molecule has 1 aromatic carbocycles. The minimum absolute atomic E-state index is 0.181. The fourth-order valence-corrected chi connectivity index (χ4v) is 3.66. The molecule has 25 heavy (non-hydrogen) atoms. The highest BCUT2D eigenvalue weighted by molar-refractivity contribution is 6.23. The molecule has 0 saturated carbocycles. The van der Waals surface area contributed by atoms with E-state index in [-0.39, 0.29) is 17.5 Å². The number of rotatable bonds is 2. The predicted octanol–water partition coefficient (Wildman–Crippen LogP) is -0.0261. The number of aromatic hydroxyl groups is 1. The quantitative estimate of drug-likeness (QED) is 0.634. The Kier molecular flexibility index (Phi) is 3.94. The molecule has 134 valence electrons. The van der Waals surface area contributed by atoms with Crippen molar-refractivity contribution in [1.29, 1.82) is 0 Å². The lowest BCUT2D eigenvalue weighted by molar-refractivity contribution is -0.228. The maximum Gasteiger partial charge on any atom is 0.308 e. The van der Waals surface area contributed by atoms with Gasteiger partial charge in [-0.1, -0.05) is 12.1 Å². The van der Waals surface area contributed by atoms with Crippen LogP contribution in [0.2, 0.25) is 0 Å². The lowest BCUT2D eigenvalue weighted by Gasteiger charge is -2.52. The standard InChI is InChI=1S/C17H18O8/c1-8-17(23)14(20)10-4-3-5-11(18)13(10)15(21)16(17,22)7-9(25-8)6-12(19)24-2/h3-5,8-9,18,22-23H,6-7H2,1-2H3/t8-,9+,16-,17+/m1/s1. The monoisotopic (exact) mass is 350 g/mol. The van der Waals surface area contributed by atoms with Crippen molar-refractivity contribution in [2.45, 2.75) is 43.2 Å². The van der Waals surface area contributed by atoms with Gasteiger partial charge in [-0.2, -0.15) is 0 Å². The van der Waals surface area contributed by atoms with Gasteiger partial charge in [-0.15, -0.1) is 0 Å². The third kappa shape index (κ3) is 2.21. The van der Waals surface area contributed by atoms with Crippen LogP contribution in [0.1, 0.15) is 40.5 Å². The Labute approximate surface area is 143 Å². The topological polar surface area (TPSA) is 130 Å². The number of hydrogen-bond acceptors (Lipinski definition) is 8. The summed E-state index contributed by atoms with van der Waals surface area (Å²) in [5, 5.41) is 32.0. The molecule has 1 fully saturated rings. The zero-order valence-electron chi connectivity index (χ0n) is 13.7. The van der Waals surface area contributed by atoms with Crippen molar-refractivity contribution in [3.05, 3.63) is 29.3 Å². The van der Waals surface area contributed by atoms with Gasteiger partial charge in [0.15, 0.2) is 11.2 Å². The minimum Gasteiger partial charge on any atom is -0.507 e. The number of aliphatic hydroxyl groups is 2. The molecule has 1 aromatic rings. The lowest BCUT2D eigenvalue weighted by atomic mass is 9.61. The largest absolute Gasteiger partial charge is 0.507 e. The summed E-state index contributed by atoms with van der Waals surface area (Å²) >= 11 is 0. The van der Waals surface area contributed by atoms with E-state index in [0.29, 0.717) is 0 Å². The summed E-state index contributed by atoms with van der Waals surface area (Å²) in [6, 6.07) is 3.87. The van der Waals surface area contributed by atoms with E-state index in [4.69, 9.17) is 4.74 Å². The summed E-state index contributed by atoms with van der Waals surface area (Å²) in [5.74, 6) is -2.98. The van der Waals surface area contributed by atoms with E-state index in [0.717, 1.165) is 0 Å². The second-order valence-corrected chi connectivity index (χ2v) is 6.37. The number of carbonyl (C=O) groups is 3. The molecule has 2 aliphatic rings. The molecule has 0 amide bonds. The summed E-state index contributed by atoms with van der Waals surface area (Å²) in [7, 11) is 1.18. The van der Waals surface area contributed by atoms with Crippen LogP contribution in [0.25, 0.3) is 0 Å². The molecule has 3 N–H and O–H groups in total. The maximum atomic E-state index is 12.9. The fraction of sp³-hybridized carbons (Fsp3) is 0.471. The van der Waals surface area contributed by atoms with E-state index in [1.54, 1.807) is 0 Å². The van der Waals surface area contributed by atoms with E-state index in [1.165, 1.54) is 32.2 Å². The van der Waals surface area contributed by atoms with Crippen molar-refractivity contribution in [2.75, 3.05) is 7.11 Å². The van der Waals surface area contributed by atoms with E-state index >= 15 is 0 Å². The molecule has 8 heteroatoms. The Balaban J connectivity index is 2.12. The molecular weight excluding hydrogens is 332 g/mol. The third-order valence-corrected chi connectivity index (χ3v) is 5.00. The molecule has 0 aromatic heterocycles. The molecule has 0 spiro atoms. The number of hydrogen-bond donors (Lipinski definition) is 3. The summed E-state index contributed by atoms with van der Waals surface area (Å²) in [6.45, 7) is 1.34. The smallest absolute Gasteiger partial charge is 0.308 e. The van der Waals surface area contributed by atoms with Crippen molar-refractivity contribution in [3.63, 3.8) is 0 Å². The van der Waals surface area contributed by atoms with E-state index in [2.05, 4.69) is 4.74 Å². The lowest BCUT2D eigenvalue weighted by Crippen LogP contribution is -2.75. The summed E-state index contributed by atoms with van der Waals surface area (Å²) in [4.78, 5) is 37.2. The maximum absolute atomic E-state index is 12.9. The van der Waals surface area contributed by atoms with E-state index < -0.39 is 53.1 Å². The van der Waals surface area contributed by atoms with Crippen LogP contribution in [0.5, 0.6) is 5.75 Å². The molecule has 0 bridgehead atoms. The first-order valence-electron chi connectivity index (χ1n) is 7.75. The number of Topliss-reactive ketones (excluding diaryl/α,β-unsaturated/α-hetero) is 2. The predicted molar refractivity (Wildman–Crippen MR) is 82.3 cm³/mol. The molecule has 1 aliphatic carbocycles. The number of phenols is 1. The van der Waals surface area contributed by atoms with Crippen LogP contribution in [-0.2, 0) is 14.3 Å². The van der Waals surface area contributed by atoms with Gasteiger partial charge in [0.2, 0.25) is 11.6 Å². The first-order chi connectivity index (χ1) is 11.7. The first-order valence-corrected chi connectivity index (χ1v) is 7.75. The van der Waals surface area contributed by atoms with Crippen LogP contribution in [0, 0.1) is 0 Å². The molecule has 0 radical (unpaired) electrons. The van der Waals surface area contributed by atoms with Crippen molar-refractivity contribution in [2.24, 2.45) is 0 Å². The van der Waals surface area contributed by atoms with Crippen molar-refractivity contribution in [1.82, 2.24) is 0 Å². The second kappa shape index (κ2) is 5.62.